The van der Waals surface area contributed by atoms with Crippen LogP contribution in [0.1, 0.15) is 18.1 Å². The maximum Gasteiger partial charge on any atom is 0.423 e. The highest BCUT2D eigenvalue weighted by atomic mass is 19.4. The molecular weight excluding hydrogens is 269 g/mol. The Labute approximate surface area is 105 Å². The number of hydrogen-bond acceptors (Lipinski definition) is 5. The number of rotatable bonds is 3. The zero-order valence-corrected chi connectivity index (χ0v) is 9.68. The summed E-state index contributed by atoms with van der Waals surface area (Å²) >= 11 is 0. The number of halogens is 3. The SMILES string of the molecule is CC(O)[C@@](N)(O)c1ccc([N+](=O)[O-])c(C(F)(F)F)c1. The minimum atomic E-state index is -4.98. The van der Waals surface area contributed by atoms with Crippen LogP contribution in [0.15, 0.2) is 18.2 Å². The van der Waals surface area contributed by atoms with Gasteiger partial charge in [0.25, 0.3) is 5.69 Å². The smallest absolute Gasteiger partial charge is 0.389 e. The predicted molar refractivity (Wildman–Crippen MR) is 57.9 cm³/mol. The zero-order chi connectivity index (χ0) is 15.0. The first-order valence-electron chi connectivity index (χ1n) is 5.03. The van der Waals surface area contributed by atoms with Gasteiger partial charge in [-0.05, 0) is 19.1 Å². The summed E-state index contributed by atoms with van der Waals surface area (Å²) in [4.78, 5) is 9.34. The van der Waals surface area contributed by atoms with Crippen LogP contribution in [0, 0.1) is 10.1 Å². The molecule has 0 heterocycles. The molecule has 0 amide bonds. The van der Waals surface area contributed by atoms with E-state index < -0.39 is 39.7 Å². The molecule has 0 radical (unpaired) electrons. The normalized spacial score (nSPS) is 16.8. The zero-order valence-electron chi connectivity index (χ0n) is 9.68. The van der Waals surface area contributed by atoms with Crippen LogP contribution in [0.4, 0.5) is 18.9 Å². The second kappa shape index (κ2) is 4.76. The highest BCUT2D eigenvalue weighted by molar-refractivity contribution is 5.46. The minimum Gasteiger partial charge on any atom is -0.389 e. The molecule has 0 aliphatic rings. The monoisotopic (exact) mass is 280 g/mol. The Morgan fingerprint density at radius 1 is 1.42 bits per heavy atom. The van der Waals surface area contributed by atoms with Gasteiger partial charge in [0.15, 0.2) is 5.72 Å². The van der Waals surface area contributed by atoms with Crippen molar-refractivity contribution in [2.24, 2.45) is 5.73 Å². The molecule has 106 valence electrons. The predicted octanol–water partition coefficient (Wildman–Crippen LogP) is 1.10. The molecule has 4 N–H and O–H groups in total. The number of nitro benzene ring substituents is 1. The fraction of sp³-hybridized carbons (Fsp3) is 0.400. The summed E-state index contributed by atoms with van der Waals surface area (Å²) in [5, 5.41) is 29.4. The summed E-state index contributed by atoms with van der Waals surface area (Å²) in [5.41, 5.74) is -0.317. The van der Waals surface area contributed by atoms with E-state index in [-0.39, 0.29) is 0 Å². The maximum absolute atomic E-state index is 12.7. The molecule has 0 spiro atoms. The van der Waals surface area contributed by atoms with Crippen LogP contribution >= 0.6 is 0 Å². The molecule has 0 aliphatic heterocycles. The molecule has 9 heteroatoms. The fourth-order valence-corrected chi connectivity index (χ4v) is 1.41. The number of nitrogens with two attached hydrogens (primary N) is 1. The van der Waals surface area contributed by atoms with E-state index in [1.165, 1.54) is 0 Å². The van der Waals surface area contributed by atoms with Crippen molar-refractivity contribution in [1.82, 2.24) is 0 Å². The Balaban J connectivity index is 3.47. The molecule has 1 aromatic rings. The quantitative estimate of drug-likeness (QED) is 0.436. The molecule has 0 bridgehead atoms. The van der Waals surface area contributed by atoms with Gasteiger partial charge in [0.05, 0.1) is 11.0 Å². The average Bonchev–Trinajstić information content (AvgIpc) is 2.26. The number of nitrogens with zero attached hydrogens (tertiary/aromatic N) is 1. The lowest BCUT2D eigenvalue weighted by atomic mass is 9.96. The molecule has 19 heavy (non-hydrogen) atoms. The molecular formula is C10H11F3N2O4. The summed E-state index contributed by atoms with van der Waals surface area (Å²) in [5.74, 6) is 0. The Bertz CT molecular complexity index is 500. The summed E-state index contributed by atoms with van der Waals surface area (Å²) in [7, 11) is 0. The Hall–Kier alpha value is -1.71. The van der Waals surface area contributed by atoms with Gasteiger partial charge in [-0.3, -0.25) is 15.8 Å². The first-order valence-corrected chi connectivity index (χ1v) is 5.03. The van der Waals surface area contributed by atoms with Crippen LogP contribution in [-0.2, 0) is 11.9 Å². The number of alkyl halides is 3. The second-order valence-electron chi connectivity index (χ2n) is 3.99. The Morgan fingerprint density at radius 3 is 2.32 bits per heavy atom. The highest BCUT2D eigenvalue weighted by Gasteiger charge is 2.40. The third-order valence-corrected chi connectivity index (χ3v) is 2.60. The molecule has 0 saturated carbocycles. The Morgan fingerprint density at radius 2 is 1.95 bits per heavy atom. The lowest BCUT2D eigenvalue weighted by Crippen LogP contribution is -2.46. The van der Waals surface area contributed by atoms with Crippen molar-refractivity contribution in [3.63, 3.8) is 0 Å². The van der Waals surface area contributed by atoms with Crippen molar-refractivity contribution >= 4 is 5.69 Å². The van der Waals surface area contributed by atoms with E-state index in [1.807, 2.05) is 0 Å². The molecule has 0 saturated heterocycles. The molecule has 1 rings (SSSR count). The summed E-state index contributed by atoms with van der Waals surface area (Å²) in [6.07, 6.45) is -6.54. The molecule has 2 atom stereocenters. The van der Waals surface area contributed by atoms with Crippen molar-refractivity contribution in [3.8, 4) is 0 Å². The van der Waals surface area contributed by atoms with Gasteiger partial charge in [-0.25, -0.2) is 0 Å². The molecule has 1 unspecified atom stereocenters. The third-order valence-electron chi connectivity index (χ3n) is 2.60. The van der Waals surface area contributed by atoms with E-state index in [1.54, 1.807) is 0 Å². The van der Waals surface area contributed by atoms with Crippen LogP contribution in [0.2, 0.25) is 0 Å². The van der Waals surface area contributed by atoms with Gasteiger partial charge in [0.1, 0.15) is 5.56 Å². The average molecular weight is 280 g/mol. The highest BCUT2D eigenvalue weighted by Crippen LogP contribution is 2.38. The van der Waals surface area contributed by atoms with Crippen LogP contribution in [-0.4, -0.2) is 21.2 Å². The van der Waals surface area contributed by atoms with Crippen molar-refractivity contribution < 1.29 is 28.3 Å². The Kier molecular flexibility index (Phi) is 3.84. The topological polar surface area (TPSA) is 110 Å². The number of benzene rings is 1. The molecule has 1 aromatic carbocycles. The van der Waals surface area contributed by atoms with Crippen molar-refractivity contribution in [1.29, 1.82) is 0 Å². The second-order valence-corrected chi connectivity index (χ2v) is 3.99. The minimum absolute atomic E-state index is 0.352. The van der Waals surface area contributed by atoms with Crippen molar-refractivity contribution in [2.75, 3.05) is 0 Å². The van der Waals surface area contributed by atoms with Gasteiger partial charge < -0.3 is 10.2 Å². The third kappa shape index (κ3) is 3.00. The van der Waals surface area contributed by atoms with Crippen LogP contribution in [0.5, 0.6) is 0 Å². The van der Waals surface area contributed by atoms with E-state index in [0.29, 0.717) is 12.1 Å². The van der Waals surface area contributed by atoms with Gasteiger partial charge >= 0.3 is 6.18 Å². The lowest BCUT2D eigenvalue weighted by Gasteiger charge is -2.27. The summed E-state index contributed by atoms with van der Waals surface area (Å²) in [6.45, 7) is 1.08. The lowest BCUT2D eigenvalue weighted by molar-refractivity contribution is -0.388. The number of aliphatic hydroxyl groups excluding tert-OH is 1. The largest absolute Gasteiger partial charge is 0.423 e. The number of nitro groups is 1. The van der Waals surface area contributed by atoms with Crippen LogP contribution in [0.3, 0.4) is 0 Å². The van der Waals surface area contributed by atoms with Gasteiger partial charge in [-0.1, -0.05) is 0 Å². The molecule has 0 fully saturated rings. The van der Waals surface area contributed by atoms with E-state index in [0.717, 1.165) is 13.0 Å². The van der Waals surface area contributed by atoms with Gasteiger partial charge in [0, 0.05) is 11.6 Å². The first-order chi connectivity index (χ1) is 8.48. The van der Waals surface area contributed by atoms with E-state index in [2.05, 4.69) is 0 Å². The van der Waals surface area contributed by atoms with E-state index in [9.17, 15) is 33.5 Å². The van der Waals surface area contributed by atoms with E-state index >= 15 is 0 Å². The van der Waals surface area contributed by atoms with E-state index in [4.69, 9.17) is 5.73 Å². The summed E-state index contributed by atoms with van der Waals surface area (Å²) in [6, 6.07) is 1.79. The molecule has 0 aliphatic carbocycles. The number of hydrogen-bond donors (Lipinski definition) is 3. The van der Waals surface area contributed by atoms with Gasteiger partial charge in [0.2, 0.25) is 0 Å². The molecule has 6 nitrogen and oxygen atoms in total. The van der Waals surface area contributed by atoms with Gasteiger partial charge in [-0.2, -0.15) is 13.2 Å². The standard InChI is InChI=1S/C10H11F3N2O4/c1-5(16)9(14,17)6-2-3-8(15(18)19)7(4-6)10(11,12)13/h2-5,16-17H,14H2,1H3/t5?,9-/m1/s1. The summed E-state index contributed by atoms with van der Waals surface area (Å²) < 4.78 is 38.1. The van der Waals surface area contributed by atoms with Crippen molar-refractivity contribution in [3.05, 3.63) is 39.4 Å². The molecule has 0 aromatic heterocycles. The number of aliphatic hydroxyl groups is 2. The first kappa shape index (κ1) is 15.3. The van der Waals surface area contributed by atoms with Gasteiger partial charge in [-0.15, -0.1) is 0 Å². The van der Waals surface area contributed by atoms with Crippen LogP contribution < -0.4 is 5.73 Å². The maximum atomic E-state index is 12.7. The fourth-order valence-electron chi connectivity index (χ4n) is 1.41. The van der Waals surface area contributed by atoms with Crippen molar-refractivity contribution in [2.45, 2.75) is 24.9 Å². The van der Waals surface area contributed by atoms with Crippen LogP contribution in [0.25, 0.3) is 0 Å².